The molecule has 0 radical (unpaired) electrons. The number of nitrogens with one attached hydrogen (secondary N) is 1. The summed E-state index contributed by atoms with van der Waals surface area (Å²) < 4.78 is 9.68. The lowest BCUT2D eigenvalue weighted by Crippen LogP contribution is -2.31. The van der Waals surface area contributed by atoms with Crippen LogP contribution in [-0.2, 0) is 11.2 Å². The molecule has 17 heavy (non-hydrogen) atoms. The SMILES string of the molecule is CC=CN1CCOCC1.CCc1n[nH]c(=O)o1. The summed E-state index contributed by atoms with van der Waals surface area (Å²) in [6.45, 7) is 7.75. The molecule has 1 N–H and O–H groups in total. The maximum Gasteiger partial charge on any atom is 0.434 e. The molecule has 0 bridgehead atoms. The lowest BCUT2D eigenvalue weighted by Gasteiger charge is -2.24. The van der Waals surface area contributed by atoms with Crippen LogP contribution in [0.5, 0.6) is 0 Å². The first-order valence-electron chi connectivity index (χ1n) is 5.75. The van der Waals surface area contributed by atoms with Crippen LogP contribution in [0, 0.1) is 0 Å². The molecule has 2 rings (SSSR count). The van der Waals surface area contributed by atoms with Gasteiger partial charge in [0.1, 0.15) is 0 Å². The summed E-state index contributed by atoms with van der Waals surface area (Å²) in [5.41, 5.74) is 0. The van der Waals surface area contributed by atoms with Crippen LogP contribution in [0.15, 0.2) is 21.5 Å². The van der Waals surface area contributed by atoms with E-state index in [4.69, 9.17) is 4.74 Å². The van der Waals surface area contributed by atoms with Gasteiger partial charge in [0.2, 0.25) is 5.89 Å². The topological polar surface area (TPSA) is 71.4 Å². The number of morpholine rings is 1. The summed E-state index contributed by atoms with van der Waals surface area (Å²) in [7, 11) is 0. The highest BCUT2D eigenvalue weighted by atomic mass is 16.5. The summed E-state index contributed by atoms with van der Waals surface area (Å²) in [6, 6.07) is 0. The van der Waals surface area contributed by atoms with E-state index in [1.54, 1.807) is 0 Å². The van der Waals surface area contributed by atoms with Gasteiger partial charge in [-0.25, -0.2) is 9.89 Å². The van der Waals surface area contributed by atoms with Crippen LogP contribution in [0.1, 0.15) is 19.7 Å². The van der Waals surface area contributed by atoms with Crippen molar-refractivity contribution in [2.45, 2.75) is 20.3 Å². The maximum absolute atomic E-state index is 10.2. The molecule has 0 saturated carbocycles. The van der Waals surface area contributed by atoms with Crippen molar-refractivity contribution in [2.75, 3.05) is 26.3 Å². The predicted molar refractivity (Wildman–Crippen MR) is 63.7 cm³/mol. The van der Waals surface area contributed by atoms with Gasteiger partial charge in [-0.3, -0.25) is 0 Å². The molecule has 1 aliphatic heterocycles. The summed E-state index contributed by atoms with van der Waals surface area (Å²) in [5, 5.41) is 5.68. The second kappa shape index (κ2) is 7.67. The van der Waals surface area contributed by atoms with Gasteiger partial charge in [-0.15, -0.1) is 5.10 Å². The van der Waals surface area contributed by atoms with Crippen LogP contribution in [0.4, 0.5) is 0 Å². The average Bonchev–Trinajstić information content (AvgIpc) is 2.78. The van der Waals surface area contributed by atoms with Crippen molar-refractivity contribution < 1.29 is 9.15 Å². The Balaban J connectivity index is 0.000000171. The van der Waals surface area contributed by atoms with Crippen molar-refractivity contribution in [3.05, 3.63) is 28.7 Å². The van der Waals surface area contributed by atoms with Crippen LogP contribution in [0.3, 0.4) is 0 Å². The Morgan fingerprint density at radius 2 is 2.18 bits per heavy atom. The lowest BCUT2D eigenvalue weighted by molar-refractivity contribution is 0.0593. The molecule has 0 aromatic carbocycles. The molecule has 1 aliphatic rings. The van der Waals surface area contributed by atoms with E-state index >= 15 is 0 Å². The zero-order chi connectivity index (χ0) is 12.5. The summed E-state index contributed by atoms with van der Waals surface area (Å²) >= 11 is 0. The molecule has 0 aliphatic carbocycles. The van der Waals surface area contributed by atoms with Gasteiger partial charge in [-0.2, -0.15) is 0 Å². The molecule has 0 unspecified atom stereocenters. The highest BCUT2D eigenvalue weighted by Crippen LogP contribution is 1.95. The van der Waals surface area contributed by atoms with Crippen molar-refractivity contribution in [2.24, 2.45) is 0 Å². The van der Waals surface area contributed by atoms with Crippen LogP contribution in [0.2, 0.25) is 0 Å². The molecule has 2 heterocycles. The van der Waals surface area contributed by atoms with Crippen LogP contribution in [0.25, 0.3) is 0 Å². The number of H-pyrrole nitrogens is 1. The molecule has 6 heteroatoms. The zero-order valence-electron chi connectivity index (χ0n) is 10.3. The van der Waals surface area contributed by atoms with Gasteiger partial charge in [0.05, 0.1) is 13.2 Å². The van der Waals surface area contributed by atoms with E-state index in [1.807, 2.05) is 13.8 Å². The van der Waals surface area contributed by atoms with Crippen molar-refractivity contribution >= 4 is 0 Å². The predicted octanol–water partition coefficient (Wildman–Crippen LogP) is 0.778. The van der Waals surface area contributed by atoms with E-state index in [2.05, 4.69) is 31.8 Å². The molecular weight excluding hydrogens is 222 g/mol. The van der Waals surface area contributed by atoms with Crippen LogP contribution >= 0.6 is 0 Å². The third-order valence-corrected chi connectivity index (χ3v) is 2.19. The quantitative estimate of drug-likeness (QED) is 0.828. The number of aromatic amines is 1. The zero-order valence-corrected chi connectivity index (χ0v) is 10.3. The first-order valence-corrected chi connectivity index (χ1v) is 5.75. The van der Waals surface area contributed by atoms with Gasteiger partial charge < -0.3 is 14.1 Å². The number of allylic oxidation sites excluding steroid dienone is 1. The molecular formula is C11H19N3O3. The van der Waals surface area contributed by atoms with Gasteiger partial charge in [-0.1, -0.05) is 13.0 Å². The minimum atomic E-state index is -0.484. The van der Waals surface area contributed by atoms with E-state index in [1.165, 1.54) is 0 Å². The van der Waals surface area contributed by atoms with E-state index < -0.39 is 5.76 Å². The molecule has 96 valence electrons. The Labute approximate surface area is 100 Å². The Morgan fingerprint density at radius 1 is 1.47 bits per heavy atom. The average molecular weight is 241 g/mol. The van der Waals surface area contributed by atoms with Gasteiger partial charge in [0.25, 0.3) is 0 Å². The summed E-state index contributed by atoms with van der Waals surface area (Å²) in [5.74, 6) is -0.0307. The first-order chi connectivity index (χ1) is 8.26. The molecule has 1 saturated heterocycles. The van der Waals surface area contributed by atoms with Crippen molar-refractivity contribution in [1.82, 2.24) is 15.1 Å². The molecule has 1 aromatic rings. The minimum Gasteiger partial charge on any atom is -0.393 e. The standard InChI is InChI=1S/C7H13NO.C4H6N2O2/c1-2-3-8-4-6-9-7-5-8;1-2-3-5-6-4(7)8-3/h2-3H,4-7H2,1H3;2H2,1H3,(H,6,7). The van der Waals surface area contributed by atoms with E-state index in [9.17, 15) is 4.79 Å². The van der Waals surface area contributed by atoms with Gasteiger partial charge in [-0.05, 0) is 13.1 Å². The molecule has 1 fully saturated rings. The molecule has 6 nitrogen and oxygen atoms in total. The number of ether oxygens (including phenoxy) is 1. The van der Waals surface area contributed by atoms with Crippen molar-refractivity contribution in [3.8, 4) is 0 Å². The maximum atomic E-state index is 10.2. The largest absolute Gasteiger partial charge is 0.434 e. The fourth-order valence-corrected chi connectivity index (χ4v) is 1.35. The fourth-order valence-electron chi connectivity index (χ4n) is 1.35. The number of hydrogen-bond acceptors (Lipinski definition) is 5. The van der Waals surface area contributed by atoms with Crippen molar-refractivity contribution in [1.29, 1.82) is 0 Å². The van der Waals surface area contributed by atoms with E-state index in [0.717, 1.165) is 26.3 Å². The number of nitrogens with zero attached hydrogens (tertiary/aromatic N) is 2. The first kappa shape index (κ1) is 13.5. The molecule has 1 aromatic heterocycles. The monoisotopic (exact) mass is 241 g/mol. The van der Waals surface area contributed by atoms with Gasteiger partial charge in [0, 0.05) is 19.5 Å². The number of hydrogen-bond donors (Lipinski definition) is 1. The Bertz CT molecular complexity index is 377. The Morgan fingerprint density at radius 3 is 2.59 bits per heavy atom. The van der Waals surface area contributed by atoms with Crippen LogP contribution in [-0.4, -0.2) is 41.4 Å². The van der Waals surface area contributed by atoms with Crippen molar-refractivity contribution in [3.63, 3.8) is 0 Å². The molecule has 0 spiro atoms. The van der Waals surface area contributed by atoms with Gasteiger partial charge in [0.15, 0.2) is 0 Å². The summed E-state index contributed by atoms with van der Waals surface area (Å²) in [4.78, 5) is 12.4. The summed E-state index contributed by atoms with van der Waals surface area (Å²) in [6.07, 6.45) is 4.83. The van der Waals surface area contributed by atoms with Crippen LogP contribution < -0.4 is 5.76 Å². The smallest absolute Gasteiger partial charge is 0.393 e. The lowest BCUT2D eigenvalue weighted by atomic mass is 10.4. The third-order valence-electron chi connectivity index (χ3n) is 2.19. The third kappa shape index (κ3) is 5.35. The molecule has 0 amide bonds. The normalized spacial score (nSPS) is 15.8. The number of aryl methyl sites for hydroxylation is 1. The molecule has 0 atom stereocenters. The second-order valence-electron chi connectivity index (χ2n) is 3.49. The fraction of sp³-hybridized carbons (Fsp3) is 0.636. The van der Waals surface area contributed by atoms with E-state index in [-0.39, 0.29) is 0 Å². The Hall–Kier alpha value is -1.56. The highest BCUT2D eigenvalue weighted by Gasteiger charge is 2.03. The minimum absolute atomic E-state index is 0.454. The second-order valence-corrected chi connectivity index (χ2v) is 3.49. The van der Waals surface area contributed by atoms with Gasteiger partial charge >= 0.3 is 5.76 Å². The highest BCUT2D eigenvalue weighted by molar-refractivity contribution is 4.79. The number of aromatic nitrogens is 2. The Kier molecular flexibility index (Phi) is 6.09. The van der Waals surface area contributed by atoms with E-state index in [0.29, 0.717) is 12.3 Å². The number of rotatable bonds is 2.